The van der Waals surface area contributed by atoms with E-state index >= 15 is 0 Å². The molecule has 1 spiro atoms. The van der Waals surface area contributed by atoms with Crippen LogP contribution >= 0.6 is 0 Å². The summed E-state index contributed by atoms with van der Waals surface area (Å²) >= 11 is 0. The minimum Gasteiger partial charge on any atom is -0.455 e. The largest absolute Gasteiger partial charge is 0.455 e. The minimum absolute atomic E-state index is 0.560. The Morgan fingerprint density at radius 2 is 0.720 bits per heavy atom. The lowest BCUT2D eigenvalue weighted by molar-refractivity contribution is 0.670. The zero-order valence-electron chi connectivity index (χ0n) is 40.8. The Bertz CT molecular complexity index is 4580. The normalized spacial score (nSPS) is 12.9. The summed E-state index contributed by atoms with van der Waals surface area (Å²) in [5.41, 5.74) is 21.5. The van der Waals surface area contributed by atoms with E-state index in [1.807, 2.05) is 0 Å². The Kier molecular flexibility index (Phi) is 8.99. The van der Waals surface area contributed by atoms with Crippen LogP contribution in [0, 0.1) is 0 Å². The third kappa shape index (κ3) is 6.02. The van der Waals surface area contributed by atoms with Gasteiger partial charge in [-0.2, -0.15) is 0 Å². The number of fused-ring (bicyclic) bond motifs is 19. The molecule has 1 heterocycles. The molecule has 0 atom stereocenters. The molecule has 0 radical (unpaired) electrons. The first-order valence-corrected chi connectivity index (χ1v) is 26.0. The fourth-order valence-electron chi connectivity index (χ4n) is 13.3. The van der Waals surface area contributed by atoms with E-state index in [1.54, 1.807) is 0 Å². The molecule has 2 nitrogen and oxygen atoms in total. The number of anilines is 3. The Hall–Kier alpha value is -9.76. The van der Waals surface area contributed by atoms with Crippen molar-refractivity contribution in [3.05, 3.63) is 295 Å². The maximum absolute atomic E-state index is 6.99. The maximum atomic E-state index is 6.99. The Morgan fingerprint density at radius 1 is 0.253 bits per heavy atom. The van der Waals surface area contributed by atoms with Gasteiger partial charge >= 0.3 is 0 Å². The zero-order chi connectivity index (χ0) is 49.2. The van der Waals surface area contributed by atoms with E-state index in [2.05, 4.69) is 278 Å². The highest BCUT2D eigenvalue weighted by molar-refractivity contribution is 6.26. The van der Waals surface area contributed by atoms with Crippen molar-refractivity contribution in [2.45, 2.75) is 5.41 Å². The molecule has 2 aliphatic rings. The van der Waals surface area contributed by atoms with Gasteiger partial charge in [-0.15, -0.1) is 0 Å². The number of rotatable bonds is 6. The first-order chi connectivity index (χ1) is 37.2. The van der Waals surface area contributed by atoms with Gasteiger partial charge in [0.2, 0.25) is 0 Å². The second kappa shape index (κ2) is 16.1. The Labute approximate surface area is 434 Å². The molecule has 0 saturated carbocycles. The number of para-hydroxylation sites is 2. The number of furan rings is 1. The molecule has 348 valence electrons. The highest BCUT2D eigenvalue weighted by Crippen LogP contribution is 2.64. The van der Waals surface area contributed by atoms with Crippen molar-refractivity contribution in [2.24, 2.45) is 0 Å². The van der Waals surface area contributed by atoms with Gasteiger partial charge in [0, 0.05) is 33.3 Å². The van der Waals surface area contributed by atoms with E-state index in [0.29, 0.717) is 0 Å². The molecule has 0 saturated heterocycles. The predicted octanol–water partition coefficient (Wildman–Crippen LogP) is 19.9. The third-order valence-corrected chi connectivity index (χ3v) is 16.5. The summed E-state index contributed by atoms with van der Waals surface area (Å²) in [6.45, 7) is 0. The second-order valence-electron chi connectivity index (χ2n) is 20.2. The van der Waals surface area contributed by atoms with Crippen LogP contribution < -0.4 is 4.90 Å². The van der Waals surface area contributed by atoms with Crippen molar-refractivity contribution in [3.8, 4) is 55.6 Å². The van der Waals surface area contributed by atoms with Crippen molar-refractivity contribution in [3.63, 3.8) is 0 Å². The number of benzene rings is 13. The average Bonchev–Trinajstić information content (AvgIpc) is 4.32. The van der Waals surface area contributed by atoms with Crippen LogP contribution in [0.15, 0.2) is 277 Å². The van der Waals surface area contributed by atoms with Gasteiger partial charge in [0.1, 0.15) is 11.2 Å². The van der Waals surface area contributed by atoms with Gasteiger partial charge in [-0.05, 0) is 148 Å². The van der Waals surface area contributed by atoms with Crippen LogP contribution in [-0.4, -0.2) is 0 Å². The van der Waals surface area contributed by atoms with Gasteiger partial charge in [0.15, 0.2) is 0 Å². The van der Waals surface area contributed by atoms with E-state index in [-0.39, 0.29) is 0 Å². The van der Waals surface area contributed by atoms with E-state index < -0.39 is 5.41 Å². The summed E-state index contributed by atoms with van der Waals surface area (Å²) in [6.07, 6.45) is 0. The number of hydrogen-bond acceptors (Lipinski definition) is 2. The Morgan fingerprint density at radius 3 is 1.37 bits per heavy atom. The van der Waals surface area contributed by atoms with E-state index in [0.717, 1.165) is 55.7 Å². The molecule has 0 N–H and O–H groups in total. The van der Waals surface area contributed by atoms with Crippen molar-refractivity contribution < 1.29 is 4.42 Å². The molecule has 2 heteroatoms. The van der Waals surface area contributed by atoms with Gasteiger partial charge in [0.25, 0.3) is 0 Å². The zero-order valence-corrected chi connectivity index (χ0v) is 40.8. The average molecular weight is 952 g/mol. The SMILES string of the molecule is c1ccc(-c2cccc(-c3ccc(N(c4ccc5c6ccccc6c6ccccc6c5c4)c4cc5c(cc4-c4cccc6c4oc4ccccc46)-c4ccccc4C54c5ccccc5-c5ccccc54)cc3)c2)cc1. The van der Waals surface area contributed by atoms with Crippen LogP contribution in [0.25, 0.3) is 110 Å². The van der Waals surface area contributed by atoms with Crippen molar-refractivity contribution in [2.75, 3.05) is 4.90 Å². The molecule has 0 aliphatic heterocycles. The van der Waals surface area contributed by atoms with Gasteiger partial charge in [-0.25, -0.2) is 0 Å². The standard InChI is InChI=1S/C73H45NO/c1-2-18-46(19-3-1)48-20-16-21-49(42-48)47-36-38-50(39-37-47)74(51-40-41-56-54-24-5-4-22-52(54)53-23-6-7-25-55(53)63(56)43-51)70-45-69-64(44-65(70)62-31-17-30-61-60-29-11-15-35-71(60)75-72(61)62)59-28-10-14-34-68(59)73(69)66-32-12-8-26-57(66)58-27-9-13-33-67(58)73/h1-45H. The van der Waals surface area contributed by atoms with Crippen LogP contribution in [0.4, 0.5) is 17.1 Å². The third-order valence-electron chi connectivity index (χ3n) is 16.5. The monoisotopic (exact) mass is 951 g/mol. The van der Waals surface area contributed by atoms with E-state index in [4.69, 9.17) is 4.42 Å². The summed E-state index contributed by atoms with van der Waals surface area (Å²) in [7, 11) is 0. The molecule has 1 aromatic heterocycles. The van der Waals surface area contributed by atoms with Crippen LogP contribution in [0.1, 0.15) is 22.3 Å². The van der Waals surface area contributed by atoms with Crippen LogP contribution in [0.3, 0.4) is 0 Å². The van der Waals surface area contributed by atoms with Crippen molar-refractivity contribution in [1.29, 1.82) is 0 Å². The molecule has 0 fully saturated rings. The van der Waals surface area contributed by atoms with Crippen LogP contribution in [0.2, 0.25) is 0 Å². The van der Waals surface area contributed by atoms with E-state index in [1.165, 1.54) is 93.5 Å². The highest BCUT2D eigenvalue weighted by atomic mass is 16.3. The lowest BCUT2D eigenvalue weighted by atomic mass is 9.70. The molecule has 0 amide bonds. The molecule has 13 aromatic carbocycles. The second-order valence-corrected chi connectivity index (χ2v) is 20.2. The van der Waals surface area contributed by atoms with Crippen molar-refractivity contribution >= 4 is 71.3 Å². The molecular weight excluding hydrogens is 907 g/mol. The quantitative estimate of drug-likeness (QED) is 0.154. The number of nitrogens with zero attached hydrogens (tertiary/aromatic N) is 1. The molecule has 2 aliphatic carbocycles. The van der Waals surface area contributed by atoms with Gasteiger partial charge in [-0.3, -0.25) is 0 Å². The lowest BCUT2D eigenvalue weighted by Gasteiger charge is -2.33. The van der Waals surface area contributed by atoms with Gasteiger partial charge in [-0.1, -0.05) is 224 Å². The van der Waals surface area contributed by atoms with Crippen LogP contribution in [-0.2, 0) is 5.41 Å². The molecule has 16 rings (SSSR count). The smallest absolute Gasteiger partial charge is 0.143 e. The molecule has 0 bridgehead atoms. The van der Waals surface area contributed by atoms with Gasteiger partial charge < -0.3 is 9.32 Å². The first kappa shape index (κ1) is 41.8. The highest BCUT2D eigenvalue weighted by Gasteiger charge is 2.52. The first-order valence-electron chi connectivity index (χ1n) is 26.0. The molecule has 14 aromatic rings. The summed E-state index contributed by atoms with van der Waals surface area (Å²) in [5, 5.41) is 9.65. The number of hydrogen-bond donors (Lipinski definition) is 0. The van der Waals surface area contributed by atoms with E-state index in [9.17, 15) is 0 Å². The summed E-state index contributed by atoms with van der Waals surface area (Å²) in [4.78, 5) is 2.52. The lowest BCUT2D eigenvalue weighted by Crippen LogP contribution is -2.26. The Balaban J connectivity index is 1.02. The fraction of sp³-hybridized carbons (Fsp3) is 0.0137. The summed E-state index contributed by atoms with van der Waals surface area (Å²) in [6, 6.07) is 101. The fourth-order valence-corrected chi connectivity index (χ4v) is 13.3. The van der Waals surface area contributed by atoms with Crippen LogP contribution in [0.5, 0.6) is 0 Å². The topological polar surface area (TPSA) is 16.4 Å². The summed E-state index contributed by atoms with van der Waals surface area (Å²) < 4.78 is 6.99. The molecular formula is C73H45NO. The minimum atomic E-state index is -0.560. The predicted molar refractivity (Wildman–Crippen MR) is 314 cm³/mol. The maximum Gasteiger partial charge on any atom is 0.143 e. The molecule has 0 unspecified atom stereocenters. The van der Waals surface area contributed by atoms with Crippen molar-refractivity contribution in [1.82, 2.24) is 0 Å². The van der Waals surface area contributed by atoms with Gasteiger partial charge in [0.05, 0.1) is 11.1 Å². The molecule has 75 heavy (non-hydrogen) atoms. The summed E-state index contributed by atoms with van der Waals surface area (Å²) in [5.74, 6) is 0.